The summed E-state index contributed by atoms with van der Waals surface area (Å²) in [4.78, 5) is 7.25. The topological polar surface area (TPSA) is 42.1 Å². The Labute approximate surface area is 122 Å². The van der Waals surface area contributed by atoms with Crippen LogP contribution in [-0.4, -0.2) is 28.5 Å². The Kier molecular flexibility index (Phi) is 4.37. The monoisotopic (exact) mass is 273 g/mol. The quantitative estimate of drug-likeness (QED) is 0.916. The van der Waals surface area contributed by atoms with Crippen LogP contribution in [0, 0.1) is 5.92 Å². The number of rotatable bonds is 4. The van der Waals surface area contributed by atoms with Crippen LogP contribution in [-0.2, 0) is 0 Å². The van der Waals surface area contributed by atoms with Crippen molar-refractivity contribution in [2.24, 2.45) is 11.7 Å². The molecule has 2 aliphatic rings. The molecule has 0 radical (unpaired) electrons. The smallest absolute Gasteiger partial charge is 0.0673 e. The molecule has 20 heavy (non-hydrogen) atoms. The first-order valence-corrected chi connectivity index (χ1v) is 8.19. The highest BCUT2D eigenvalue weighted by Gasteiger charge is 2.38. The van der Waals surface area contributed by atoms with E-state index in [2.05, 4.69) is 28.9 Å². The molecule has 3 atom stereocenters. The van der Waals surface area contributed by atoms with E-state index in [1.165, 1.54) is 45.1 Å². The normalized spacial score (nSPS) is 27.8. The number of pyridine rings is 1. The minimum absolute atomic E-state index is 0.131. The highest BCUT2D eigenvalue weighted by Crippen LogP contribution is 2.39. The SMILES string of the molecule is CC(N)C(c1ccccn1)N1CCCC1C1CCCC1. The van der Waals surface area contributed by atoms with E-state index in [4.69, 9.17) is 5.73 Å². The lowest BCUT2D eigenvalue weighted by molar-refractivity contribution is 0.118. The van der Waals surface area contributed by atoms with Gasteiger partial charge in [0.05, 0.1) is 11.7 Å². The second-order valence-electron chi connectivity index (χ2n) is 6.55. The van der Waals surface area contributed by atoms with Gasteiger partial charge in [0.25, 0.3) is 0 Å². The number of nitrogens with zero attached hydrogens (tertiary/aromatic N) is 2. The van der Waals surface area contributed by atoms with Crippen molar-refractivity contribution in [3.05, 3.63) is 30.1 Å². The summed E-state index contributed by atoms with van der Waals surface area (Å²) >= 11 is 0. The summed E-state index contributed by atoms with van der Waals surface area (Å²) in [6.07, 6.45) is 10.2. The van der Waals surface area contributed by atoms with Crippen LogP contribution in [0.25, 0.3) is 0 Å². The average molecular weight is 273 g/mol. The average Bonchev–Trinajstić information content (AvgIpc) is 3.09. The van der Waals surface area contributed by atoms with Gasteiger partial charge in [0.1, 0.15) is 0 Å². The summed E-state index contributed by atoms with van der Waals surface area (Å²) in [5.74, 6) is 0.891. The Morgan fingerprint density at radius 3 is 2.65 bits per heavy atom. The maximum atomic E-state index is 6.33. The van der Waals surface area contributed by atoms with Gasteiger partial charge < -0.3 is 5.73 Å². The van der Waals surface area contributed by atoms with Crippen LogP contribution in [0.4, 0.5) is 0 Å². The molecule has 1 aliphatic carbocycles. The van der Waals surface area contributed by atoms with Crippen molar-refractivity contribution in [3.8, 4) is 0 Å². The molecule has 1 saturated carbocycles. The maximum Gasteiger partial charge on any atom is 0.0673 e. The molecule has 1 aliphatic heterocycles. The standard InChI is InChI=1S/C17H27N3/c1-13(18)17(15-9-4-5-11-19-15)20-12-6-10-16(20)14-7-2-3-8-14/h4-5,9,11,13-14,16-17H,2-3,6-8,10,12,18H2,1H3. The van der Waals surface area contributed by atoms with E-state index in [-0.39, 0.29) is 12.1 Å². The van der Waals surface area contributed by atoms with Crippen LogP contribution in [0.5, 0.6) is 0 Å². The molecular formula is C17H27N3. The zero-order valence-electron chi connectivity index (χ0n) is 12.5. The van der Waals surface area contributed by atoms with E-state index in [1.807, 2.05) is 12.3 Å². The lowest BCUT2D eigenvalue weighted by atomic mass is 9.93. The third-order valence-corrected chi connectivity index (χ3v) is 5.13. The first-order chi connectivity index (χ1) is 9.77. The van der Waals surface area contributed by atoms with E-state index >= 15 is 0 Å². The number of aromatic nitrogens is 1. The van der Waals surface area contributed by atoms with Crippen LogP contribution in [0.1, 0.15) is 57.2 Å². The van der Waals surface area contributed by atoms with Crippen molar-refractivity contribution in [1.82, 2.24) is 9.88 Å². The van der Waals surface area contributed by atoms with Gasteiger partial charge in [0.2, 0.25) is 0 Å². The molecular weight excluding hydrogens is 246 g/mol. The molecule has 0 spiro atoms. The van der Waals surface area contributed by atoms with E-state index in [9.17, 15) is 0 Å². The van der Waals surface area contributed by atoms with Crippen molar-refractivity contribution in [3.63, 3.8) is 0 Å². The number of nitrogens with two attached hydrogens (primary N) is 1. The number of likely N-dealkylation sites (tertiary alicyclic amines) is 1. The molecule has 3 unspecified atom stereocenters. The summed E-state index contributed by atoms with van der Waals surface area (Å²) < 4.78 is 0. The lowest BCUT2D eigenvalue weighted by Crippen LogP contribution is -2.44. The van der Waals surface area contributed by atoms with Gasteiger partial charge in [0.15, 0.2) is 0 Å². The molecule has 1 aromatic rings. The van der Waals surface area contributed by atoms with Crippen LogP contribution in [0.15, 0.2) is 24.4 Å². The third kappa shape index (κ3) is 2.75. The van der Waals surface area contributed by atoms with E-state index in [1.54, 1.807) is 0 Å². The first kappa shape index (κ1) is 14.0. The molecule has 0 bridgehead atoms. The van der Waals surface area contributed by atoms with Gasteiger partial charge >= 0.3 is 0 Å². The van der Waals surface area contributed by atoms with Gasteiger partial charge in [0, 0.05) is 18.3 Å². The van der Waals surface area contributed by atoms with Crippen molar-refractivity contribution < 1.29 is 0 Å². The van der Waals surface area contributed by atoms with Crippen molar-refractivity contribution in [1.29, 1.82) is 0 Å². The summed E-state index contributed by atoms with van der Waals surface area (Å²) in [5, 5.41) is 0. The molecule has 0 aromatic carbocycles. The van der Waals surface area contributed by atoms with Crippen molar-refractivity contribution in [2.75, 3.05) is 6.54 Å². The summed E-state index contributed by atoms with van der Waals surface area (Å²) in [7, 11) is 0. The Bertz CT molecular complexity index is 412. The van der Waals surface area contributed by atoms with E-state index in [0.717, 1.165) is 17.7 Å². The molecule has 2 fully saturated rings. The second-order valence-corrected chi connectivity index (χ2v) is 6.55. The molecule has 2 N–H and O–H groups in total. The van der Waals surface area contributed by atoms with Gasteiger partial charge in [-0.05, 0) is 57.2 Å². The summed E-state index contributed by atoms with van der Waals surface area (Å²) in [6, 6.07) is 7.35. The second kappa shape index (κ2) is 6.23. The van der Waals surface area contributed by atoms with Crippen molar-refractivity contribution in [2.45, 2.75) is 63.6 Å². The van der Waals surface area contributed by atoms with E-state index in [0.29, 0.717) is 0 Å². The Balaban J connectivity index is 1.83. The fraction of sp³-hybridized carbons (Fsp3) is 0.706. The highest BCUT2D eigenvalue weighted by molar-refractivity contribution is 5.12. The van der Waals surface area contributed by atoms with Crippen molar-refractivity contribution >= 4 is 0 Å². The molecule has 3 heteroatoms. The molecule has 1 saturated heterocycles. The number of hydrogen-bond acceptors (Lipinski definition) is 3. The Hall–Kier alpha value is -0.930. The molecule has 1 aromatic heterocycles. The Morgan fingerprint density at radius 1 is 1.20 bits per heavy atom. The fourth-order valence-electron chi connectivity index (χ4n) is 4.30. The fourth-order valence-corrected chi connectivity index (χ4v) is 4.30. The van der Waals surface area contributed by atoms with Crippen LogP contribution in [0.3, 0.4) is 0 Å². The van der Waals surface area contributed by atoms with E-state index < -0.39 is 0 Å². The number of hydrogen-bond donors (Lipinski definition) is 1. The molecule has 3 nitrogen and oxygen atoms in total. The van der Waals surface area contributed by atoms with Gasteiger partial charge in [-0.25, -0.2) is 0 Å². The molecule has 3 rings (SSSR count). The Morgan fingerprint density at radius 2 is 2.00 bits per heavy atom. The van der Waals surface area contributed by atoms with Crippen LogP contribution in [0.2, 0.25) is 0 Å². The summed E-state index contributed by atoms with van der Waals surface area (Å²) in [6.45, 7) is 3.31. The predicted molar refractivity (Wildman–Crippen MR) is 82.3 cm³/mol. The summed E-state index contributed by atoms with van der Waals surface area (Å²) in [5.41, 5.74) is 7.47. The minimum atomic E-state index is 0.131. The first-order valence-electron chi connectivity index (χ1n) is 8.19. The lowest BCUT2D eigenvalue weighted by Gasteiger charge is -2.37. The van der Waals surface area contributed by atoms with Gasteiger partial charge in [-0.3, -0.25) is 9.88 Å². The zero-order valence-corrected chi connectivity index (χ0v) is 12.5. The maximum absolute atomic E-state index is 6.33. The minimum Gasteiger partial charge on any atom is -0.326 e. The van der Waals surface area contributed by atoms with Gasteiger partial charge in [-0.1, -0.05) is 18.9 Å². The third-order valence-electron chi connectivity index (χ3n) is 5.13. The molecule has 2 heterocycles. The predicted octanol–water partition coefficient (Wildman–Crippen LogP) is 3.12. The van der Waals surface area contributed by atoms with Gasteiger partial charge in [-0.2, -0.15) is 0 Å². The largest absolute Gasteiger partial charge is 0.326 e. The molecule has 110 valence electrons. The van der Waals surface area contributed by atoms with Gasteiger partial charge in [-0.15, -0.1) is 0 Å². The zero-order chi connectivity index (χ0) is 13.9. The molecule has 0 amide bonds. The van der Waals surface area contributed by atoms with Crippen LogP contribution < -0.4 is 5.73 Å². The van der Waals surface area contributed by atoms with Crippen LogP contribution >= 0.6 is 0 Å². The highest BCUT2D eigenvalue weighted by atomic mass is 15.2.